The van der Waals surface area contributed by atoms with Gasteiger partial charge in [0.2, 0.25) is 0 Å². The topological polar surface area (TPSA) is 63.8 Å². The molecule has 1 unspecified atom stereocenters. The summed E-state index contributed by atoms with van der Waals surface area (Å²) in [7, 11) is 0. The Hall–Kier alpha value is -1.95. The van der Waals surface area contributed by atoms with E-state index in [1.807, 2.05) is 6.92 Å². The van der Waals surface area contributed by atoms with Gasteiger partial charge in [0.05, 0.1) is 6.04 Å². The van der Waals surface area contributed by atoms with Crippen LogP contribution in [0.15, 0.2) is 28.3 Å². The second-order valence-electron chi connectivity index (χ2n) is 4.61. The van der Waals surface area contributed by atoms with Crippen molar-refractivity contribution in [3.05, 3.63) is 34.6 Å². The highest BCUT2D eigenvalue weighted by atomic mass is 32.1. The van der Waals surface area contributed by atoms with E-state index in [2.05, 4.69) is 44.7 Å². The first-order valence-electron chi connectivity index (χ1n) is 6.66. The third-order valence-electron chi connectivity index (χ3n) is 3.08. The van der Waals surface area contributed by atoms with E-state index in [0.29, 0.717) is 17.1 Å². The Balaban J connectivity index is 1.94. The molecule has 1 atom stereocenters. The van der Waals surface area contributed by atoms with Crippen molar-refractivity contribution in [3.8, 4) is 0 Å². The summed E-state index contributed by atoms with van der Waals surface area (Å²) in [6.45, 7) is 3.99. The largest absolute Gasteiger partial charge is 0.422 e. The lowest BCUT2D eigenvalue weighted by molar-refractivity contribution is 0.551. The number of aryl methyl sites for hydroxylation is 1. The summed E-state index contributed by atoms with van der Waals surface area (Å²) >= 11 is 1.75. The zero-order valence-electron chi connectivity index (χ0n) is 11.5. The van der Waals surface area contributed by atoms with Crippen molar-refractivity contribution in [1.82, 2.24) is 15.0 Å². The van der Waals surface area contributed by atoms with E-state index >= 15 is 0 Å². The van der Waals surface area contributed by atoms with E-state index in [4.69, 9.17) is 4.42 Å². The van der Waals surface area contributed by atoms with Crippen LogP contribution in [0.4, 0.5) is 5.82 Å². The number of aromatic nitrogens is 3. The molecule has 104 valence electrons. The maximum absolute atomic E-state index is 5.44. The molecule has 3 heterocycles. The summed E-state index contributed by atoms with van der Waals surface area (Å²) in [6.07, 6.45) is 3.65. The first kappa shape index (κ1) is 13.1. The molecule has 0 aliphatic heterocycles. The first-order valence-corrected chi connectivity index (χ1v) is 7.54. The van der Waals surface area contributed by atoms with Crippen LogP contribution in [0.25, 0.3) is 11.2 Å². The Labute approximate surface area is 121 Å². The van der Waals surface area contributed by atoms with Crippen molar-refractivity contribution in [2.75, 3.05) is 5.32 Å². The minimum Gasteiger partial charge on any atom is -0.422 e. The fraction of sp³-hybridized carbons (Fsp3) is 0.357. The van der Waals surface area contributed by atoms with Crippen molar-refractivity contribution in [1.29, 1.82) is 0 Å². The van der Waals surface area contributed by atoms with Gasteiger partial charge >= 0.3 is 0 Å². The average Bonchev–Trinajstić information content (AvgIpc) is 3.06. The Bertz CT molecular complexity index is 692. The van der Waals surface area contributed by atoms with Gasteiger partial charge in [-0.1, -0.05) is 19.4 Å². The molecule has 3 rings (SSSR count). The molecule has 20 heavy (non-hydrogen) atoms. The van der Waals surface area contributed by atoms with Gasteiger partial charge < -0.3 is 9.73 Å². The highest BCUT2D eigenvalue weighted by molar-refractivity contribution is 7.10. The zero-order valence-corrected chi connectivity index (χ0v) is 12.3. The Morgan fingerprint density at radius 2 is 2.30 bits per heavy atom. The van der Waals surface area contributed by atoms with Crippen LogP contribution in [0, 0.1) is 6.92 Å². The molecule has 5 nitrogen and oxygen atoms in total. The minimum atomic E-state index is 0.245. The summed E-state index contributed by atoms with van der Waals surface area (Å²) < 4.78 is 5.44. The van der Waals surface area contributed by atoms with Gasteiger partial charge in [0.25, 0.3) is 5.71 Å². The Morgan fingerprint density at radius 1 is 1.40 bits per heavy atom. The lowest BCUT2D eigenvalue weighted by Gasteiger charge is -2.17. The Kier molecular flexibility index (Phi) is 3.64. The number of nitrogens with one attached hydrogen (secondary N) is 1. The molecule has 0 aliphatic carbocycles. The SMILES string of the molecule is CCCC(Nc1ncnc2oc(C)nc12)c1cccs1. The van der Waals surface area contributed by atoms with Gasteiger partial charge in [0.15, 0.2) is 17.2 Å². The van der Waals surface area contributed by atoms with Gasteiger partial charge in [-0.15, -0.1) is 11.3 Å². The molecule has 0 saturated heterocycles. The molecule has 0 spiro atoms. The van der Waals surface area contributed by atoms with Crippen molar-refractivity contribution in [2.24, 2.45) is 0 Å². The van der Waals surface area contributed by atoms with E-state index < -0.39 is 0 Å². The zero-order chi connectivity index (χ0) is 13.9. The molecule has 0 aliphatic rings. The van der Waals surface area contributed by atoms with E-state index in [1.165, 1.54) is 11.2 Å². The summed E-state index contributed by atoms with van der Waals surface area (Å²) in [6, 6.07) is 4.46. The normalized spacial score (nSPS) is 12.7. The smallest absolute Gasteiger partial charge is 0.252 e. The first-order chi connectivity index (χ1) is 9.78. The number of hydrogen-bond donors (Lipinski definition) is 1. The van der Waals surface area contributed by atoms with Gasteiger partial charge in [-0.3, -0.25) is 0 Å². The number of rotatable bonds is 5. The molecular formula is C14H16N4OS. The molecule has 0 saturated carbocycles. The molecular weight excluding hydrogens is 272 g/mol. The van der Waals surface area contributed by atoms with Crippen molar-refractivity contribution >= 4 is 28.4 Å². The van der Waals surface area contributed by atoms with Crippen LogP contribution in [0.3, 0.4) is 0 Å². The van der Waals surface area contributed by atoms with Gasteiger partial charge in [-0.2, -0.15) is 4.98 Å². The molecule has 0 amide bonds. The number of thiophene rings is 1. The Morgan fingerprint density at radius 3 is 3.05 bits per heavy atom. The summed E-state index contributed by atoms with van der Waals surface area (Å²) in [5, 5.41) is 5.57. The molecule has 3 aromatic rings. The molecule has 0 fully saturated rings. The average molecular weight is 288 g/mol. The molecule has 6 heteroatoms. The lowest BCUT2D eigenvalue weighted by Crippen LogP contribution is -2.10. The van der Waals surface area contributed by atoms with Crippen LogP contribution in [0.2, 0.25) is 0 Å². The van der Waals surface area contributed by atoms with Crippen LogP contribution >= 0.6 is 11.3 Å². The van der Waals surface area contributed by atoms with Gasteiger partial charge in [-0.05, 0) is 17.9 Å². The van der Waals surface area contributed by atoms with E-state index in [1.54, 1.807) is 11.3 Å². The molecule has 0 bridgehead atoms. The second kappa shape index (κ2) is 5.58. The predicted molar refractivity (Wildman–Crippen MR) is 79.9 cm³/mol. The number of anilines is 1. The maximum atomic E-state index is 5.44. The highest BCUT2D eigenvalue weighted by Gasteiger charge is 2.16. The standard InChI is InChI=1S/C14H16N4OS/c1-3-5-10(11-6-4-7-20-11)18-13-12-14(16-8-15-13)19-9(2)17-12/h4,6-8,10H,3,5H2,1-2H3,(H,15,16,18). The van der Waals surface area contributed by atoms with Crippen molar-refractivity contribution < 1.29 is 4.42 Å². The van der Waals surface area contributed by atoms with Crippen LogP contribution in [0.5, 0.6) is 0 Å². The fourth-order valence-corrected chi connectivity index (χ4v) is 3.01. The van der Waals surface area contributed by atoms with Crippen molar-refractivity contribution in [3.63, 3.8) is 0 Å². The van der Waals surface area contributed by atoms with E-state index in [-0.39, 0.29) is 6.04 Å². The third-order valence-corrected chi connectivity index (χ3v) is 4.06. The number of hydrogen-bond acceptors (Lipinski definition) is 6. The number of oxazole rings is 1. The molecule has 0 radical (unpaired) electrons. The highest BCUT2D eigenvalue weighted by Crippen LogP contribution is 2.29. The van der Waals surface area contributed by atoms with Gasteiger partial charge in [0.1, 0.15) is 6.33 Å². The van der Waals surface area contributed by atoms with Gasteiger partial charge in [0, 0.05) is 11.8 Å². The summed E-state index contributed by atoms with van der Waals surface area (Å²) in [5.74, 6) is 1.34. The number of nitrogens with zero attached hydrogens (tertiary/aromatic N) is 3. The molecule has 1 N–H and O–H groups in total. The summed E-state index contributed by atoms with van der Waals surface area (Å²) in [4.78, 5) is 14.1. The molecule has 3 aromatic heterocycles. The van der Waals surface area contributed by atoms with Crippen LogP contribution in [-0.4, -0.2) is 15.0 Å². The maximum Gasteiger partial charge on any atom is 0.252 e. The fourth-order valence-electron chi connectivity index (χ4n) is 2.19. The lowest BCUT2D eigenvalue weighted by atomic mass is 10.1. The second-order valence-corrected chi connectivity index (χ2v) is 5.59. The number of fused-ring (bicyclic) bond motifs is 1. The third kappa shape index (κ3) is 2.51. The predicted octanol–water partition coefficient (Wildman–Crippen LogP) is 3.94. The monoisotopic (exact) mass is 288 g/mol. The minimum absolute atomic E-state index is 0.245. The van der Waals surface area contributed by atoms with Gasteiger partial charge in [-0.25, -0.2) is 9.97 Å². The van der Waals surface area contributed by atoms with Crippen molar-refractivity contribution in [2.45, 2.75) is 32.7 Å². The summed E-state index contributed by atoms with van der Waals surface area (Å²) in [5.41, 5.74) is 1.23. The van der Waals surface area contributed by atoms with E-state index in [9.17, 15) is 0 Å². The van der Waals surface area contributed by atoms with Crippen LogP contribution < -0.4 is 5.32 Å². The van der Waals surface area contributed by atoms with E-state index in [0.717, 1.165) is 18.7 Å². The molecule has 0 aromatic carbocycles. The van der Waals surface area contributed by atoms with Crippen LogP contribution in [0.1, 0.15) is 36.6 Å². The quantitative estimate of drug-likeness (QED) is 0.770. The van der Waals surface area contributed by atoms with Crippen LogP contribution in [-0.2, 0) is 0 Å².